The Morgan fingerprint density at radius 3 is 2.39 bits per heavy atom. The summed E-state index contributed by atoms with van der Waals surface area (Å²) in [5.41, 5.74) is 1.31. The van der Waals surface area contributed by atoms with E-state index in [2.05, 4.69) is 30.1 Å². The molecule has 0 aromatic heterocycles. The van der Waals surface area contributed by atoms with Gasteiger partial charge in [-0.2, -0.15) is 12.6 Å². The third kappa shape index (κ3) is 5.13. The molecule has 2 unspecified atom stereocenters. The van der Waals surface area contributed by atoms with E-state index in [-0.39, 0.29) is 23.1 Å². The largest absolute Gasteiger partial charge is 0.353 e. The molecule has 2 nitrogen and oxygen atoms in total. The highest BCUT2D eigenvalue weighted by Gasteiger charge is 2.18. The van der Waals surface area contributed by atoms with E-state index in [4.69, 9.17) is 0 Å². The highest BCUT2D eigenvalue weighted by atomic mass is 32.1. The molecule has 0 aliphatic carbocycles. The van der Waals surface area contributed by atoms with Crippen LogP contribution in [0.25, 0.3) is 0 Å². The molecule has 1 aromatic rings. The molecule has 0 radical (unpaired) electrons. The van der Waals surface area contributed by atoms with Crippen LogP contribution in [0.5, 0.6) is 0 Å². The number of carbonyl (C=O) groups is 1. The summed E-state index contributed by atoms with van der Waals surface area (Å²) in [5.74, 6) is 0.295. The van der Waals surface area contributed by atoms with Gasteiger partial charge in [-0.1, -0.05) is 44.2 Å². The first-order valence-electron chi connectivity index (χ1n) is 6.53. The lowest BCUT2D eigenvalue weighted by molar-refractivity contribution is -0.121. The lowest BCUT2D eigenvalue weighted by Gasteiger charge is -2.19. The fourth-order valence-corrected chi connectivity index (χ4v) is 1.81. The number of amides is 1. The molecule has 0 spiro atoms. The second-order valence-corrected chi connectivity index (χ2v) is 5.68. The molecule has 0 heterocycles. The quantitative estimate of drug-likeness (QED) is 0.760. The van der Waals surface area contributed by atoms with Crippen molar-refractivity contribution in [3.05, 3.63) is 35.9 Å². The third-order valence-corrected chi connectivity index (χ3v) is 3.83. The smallest absolute Gasteiger partial charge is 0.233 e. The molecular weight excluding hydrogens is 242 g/mol. The summed E-state index contributed by atoms with van der Waals surface area (Å²) in [5, 5.41) is 2.80. The number of aryl methyl sites for hydroxylation is 1. The number of carbonyl (C=O) groups excluding carboxylic acids is 1. The van der Waals surface area contributed by atoms with Crippen LogP contribution in [0.15, 0.2) is 30.3 Å². The molecule has 0 saturated carbocycles. The maximum absolute atomic E-state index is 11.8. The van der Waals surface area contributed by atoms with Gasteiger partial charge in [-0.25, -0.2) is 0 Å². The maximum Gasteiger partial charge on any atom is 0.233 e. The number of rotatable bonds is 6. The van der Waals surface area contributed by atoms with Gasteiger partial charge >= 0.3 is 0 Å². The summed E-state index contributed by atoms with van der Waals surface area (Å²) >= 11 is 4.32. The van der Waals surface area contributed by atoms with Gasteiger partial charge in [0, 0.05) is 6.04 Å². The second kappa shape index (κ2) is 7.47. The zero-order valence-electron chi connectivity index (χ0n) is 11.4. The molecule has 0 fully saturated rings. The highest BCUT2D eigenvalue weighted by Crippen LogP contribution is 2.10. The molecule has 1 amide bonds. The monoisotopic (exact) mass is 265 g/mol. The number of thiol groups is 1. The average Bonchev–Trinajstić information content (AvgIpc) is 2.36. The first-order chi connectivity index (χ1) is 8.50. The van der Waals surface area contributed by atoms with Crippen molar-refractivity contribution in [1.82, 2.24) is 5.32 Å². The average molecular weight is 265 g/mol. The highest BCUT2D eigenvalue weighted by molar-refractivity contribution is 7.81. The Balaban J connectivity index is 2.34. The molecule has 1 rings (SSSR count). The van der Waals surface area contributed by atoms with Crippen LogP contribution < -0.4 is 5.32 Å². The summed E-state index contributed by atoms with van der Waals surface area (Å²) in [6.45, 7) is 6.05. The molecule has 3 heteroatoms. The van der Waals surface area contributed by atoms with Crippen molar-refractivity contribution in [2.45, 2.75) is 44.9 Å². The Morgan fingerprint density at radius 2 is 1.83 bits per heavy atom. The molecule has 0 aliphatic rings. The van der Waals surface area contributed by atoms with E-state index in [0.717, 1.165) is 12.8 Å². The van der Waals surface area contributed by atoms with Crippen LogP contribution in [-0.4, -0.2) is 17.2 Å². The van der Waals surface area contributed by atoms with Crippen molar-refractivity contribution in [1.29, 1.82) is 0 Å². The lowest BCUT2D eigenvalue weighted by Crippen LogP contribution is -2.40. The van der Waals surface area contributed by atoms with Gasteiger partial charge < -0.3 is 5.32 Å². The van der Waals surface area contributed by atoms with Crippen LogP contribution in [0.4, 0.5) is 0 Å². The first kappa shape index (κ1) is 15.1. The molecule has 100 valence electrons. The predicted molar refractivity (Wildman–Crippen MR) is 80.0 cm³/mol. The predicted octanol–water partition coefficient (Wildman–Crippen LogP) is 3.08. The van der Waals surface area contributed by atoms with Crippen LogP contribution in [-0.2, 0) is 11.2 Å². The van der Waals surface area contributed by atoms with Crippen molar-refractivity contribution in [3.8, 4) is 0 Å². The molecule has 2 atom stereocenters. The lowest BCUT2D eigenvalue weighted by atomic mass is 10.1. The Hall–Kier alpha value is -0.960. The maximum atomic E-state index is 11.8. The number of hydrogen-bond donors (Lipinski definition) is 2. The zero-order chi connectivity index (χ0) is 13.5. The zero-order valence-corrected chi connectivity index (χ0v) is 12.3. The molecular formula is C15H23NOS. The summed E-state index contributed by atoms with van der Waals surface area (Å²) in [6, 6.07) is 10.5. The Bertz CT molecular complexity index is 364. The molecule has 1 N–H and O–H groups in total. The van der Waals surface area contributed by atoms with Gasteiger partial charge in [-0.3, -0.25) is 4.79 Å². The molecule has 0 aliphatic heterocycles. The van der Waals surface area contributed by atoms with Gasteiger partial charge in [0.05, 0.1) is 5.25 Å². The Morgan fingerprint density at radius 1 is 1.22 bits per heavy atom. The number of hydrogen-bond acceptors (Lipinski definition) is 2. The summed E-state index contributed by atoms with van der Waals surface area (Å²) in [6.07, 6.45) is 1.94. The van der Waals surface area contributed by atoms with Crippen LogP contribution in [0.3, 0.4) is 0 Å². The van der Waals surface area contributed by atoms with Gasteiger partial charge in [0.1, 0.15) is 0 Å². The van der Waals surface area contributed by atoms with Gasteiger partial charge in [0.2, 0.25) is 5.91 Å². The van der Waals surface area contributed by atoms with E-state index in [0.29, 0.717) is 0 Å². The standard InChI is InChI=1S/C15H23NOS/c1-11(2)14(18)15(17)16-12(3)9-10-13-7-5-4-6-8-13/h4-8,11-12,14,18H,9-10H2,1-3H3,(H,16,17). The summed E-state index contributed by atoms with van der Waals surface area (Å²) in [4.78, 5) is 11.8. The van der Waals surface area contributed by atoms with Gasteiger partial charge in [0.25, 0.3) is 0 Å². The Labute approximate surface area is 116 Å². The first-order valence-corrected chi connectivity index (χ1v) is 7.04. The summed E-state index contributed by atoms with van der Waals surface area (Å²) in [7, 11) is 0. The molecule has 0 bridgehead atoms. The van der Waals surface area contributed by atoms with E-state index in [1.54, 1.807) is 0 Å². The molecule has 1 aromatic carbocycles. The van der Waals surface area contributed by atoms with E-state index in [1.807, 2.05) is 39.0 Å². The van der Waals surface area contributed by atoms with Crippen molar-refractivity contribution >= 4 is 18.5 Å². The van der Waals surface area contributed by atoms with Crippen molar-refractivity contribution < 1.29 is 4.79 Å². The second-order valence-electron chi connectivity index (χ2n) is 5.12. The van der Waals surface area contributed by atoms with Crippen LogP contribution in [0.1, 0.15) is 32.8 Å². The van der Waals surface area contributed by atoms with E-state index < -0.39 is 0 Å². The molecule has 0 saturated heterocycles. The SMILES string of the molecule is CC(CCc1ccccc1)NC(=O)C(S)C(C)C. The minimum Gasteiger partial charge on any atom is -0.353 e. The summed E-state index contributed by atoms with van der Waals surface area (Å²) < 4.78 is 0. The Kier molecular flexibility index (Phi) is 6.27. The minimum atomic E-state index is -0.218. The number of benzene rings is 1. The van der Waals surface area contributed by atoms with Crippen LogP contribution in [0, 0.1) is 5.92 Å². The van der Waals surface area contributed by atoms with E-state index >= 15 is 0 Å². The van der Waals surface area contributed by atoms with E-state index in [9.17, 15) is 4.79 Å². The fourth-order valence-electron chi connectivity index (χ4n) is 1.73. The van der Waals surface area contributed by atoms with Crippen LogP contribution in [0.2, 0.25) is 0 Å². The molecule has 18 heavy (non-hydrogen) atoms. The number of nitrogens with one attached hydrogen (secondary N) is 1. The minimum absolute atomic E-state index is 0.0360. The fraction of sp³-hybridized carbons (Fsp3) is 0.533. The third-order valence-electron chi connectivity index (χ3n) is 3.00. The van der Waals surface area contributed by atoms with Gasteiger partial charge in [0.15, 0.2) is 0 Å². The topological polar surface area (TPSA) is 29.1 Å². The van der Waals surface area contributed by atoms with Crippen molar-refractivity contribution in [3.63, 3.8) is 0 Å². The van der Waals surface area contributed by atoms with Crippen LogP contribution >= 0.6 is 12.6 Å². The van der Waals surface area contributed by atoms with E-state index in [1.165, 1.54) is 5.56 Å². The van der Waals surface area contributed by atoms with Gasteiger partial charge in [-0.15, -0.1) is 0 Å². The normalized spacial score (nSPS) is 14.3. The van der Waals surface area contributed by atoms with Gasteiger partial charge in [-0.05, 0) is 31.2 Å². The van der Waals surface area contributed by atoms with Crippen molar-refractivity contribution in [2.24, 2.45) is 5.92 Å². The van der Waals surface area contributed by atoms with Crippen molar-refractivity contribution in [2.75, 3.05) is 0 Å².